The van der Waals surface area contributed by atoms with Gasteiger partial charge in [-0.2, -0.15) is 0 Å². The minimum absolute atomic E-state index is 0. The number of benzene rings is 3. The molecule has 0 amide bonds. The van der Waals surface area contributed by atoms with Crippen LogP contribution in [0.2, 0.25) is 0 Å². The Labute approximate surface area is 179 Å². The van der Waals surface area contributed by atoms with Crippen molar-refractivity contribution in [2.24, 2.45) is 4.99 Å². The molecule has 0 aliphatic heterocycles. The van der Waals surface area contributed by atoms with Crippen molar-refractivity contribution in [3.05, 3.63) is 106 Å². The molecule has 0 fully saturated rings. The van der Waals surface area contributed by atoms with E-state index in [4.69, 9.17) is 0 Å². The van der Waals surface area contributed by atoms with Gasteiger partial charge in [-0.1, -0.05) is 60.7 Å². The molecule has 3 aromatic carbocycles. The first-order valence-corrected chi connectivity index (χ1v) is 8.77. The van der Waals surface area contributed by atoms with Gasteiger partial charge in [0.1, 0.15) is 11.4 Å². The number of hydrogen-bond donors (Lipinski definition) is 2. The number of rotatable bonds is 6. The standard InChI is InChI=1S/C22H20N2O4.Cu/c1-16(23-15-17-14-20(24(27)28)12-13-21(17)25)22(26,18-8-4-2-5-9-18)19-10-6-3-7-11-19;/h2-16,25-26H,1H3;/t16-;/m1./s1. The van der Waals surface area contributed by atoms with E-state index in [0.29, 0.717) is 11.1 Å². The molecule has 0 unspecified atom stereocenters. The van der Waals surface area contributed by atoms with E-state index in [1.807, 2.05) is 60.7 Å². The van der Waals surface area contributed by atoms with E-state index in [0.717, 1.165) is 0 Å². The zero-order valence-electron chi connectivity index (χ0n) is 15.6. The minimum atomic E-state index is -1.41. The number of phenolic OH excluding ortho intramolecular Hbond substituents is 1. The van der Waals surface area contributed by atoms with Crippen molar-refractivity contribution in [3.63, 3.8) is 0 Å². The molecule has 0 aromatic heterocycles. The molecule has 0 aliphatic carbocycles. The summed E-state index contributed by atoms with van der Waals surface area (Å²) in [6.07, 6.45) is 1.35. The summed E-state index contributed by atoms with van der Waals surface area (Å²) >= 11 is 0. The van der Waals surface area contributed by atoms with Gasteiger partial charge >= 0.3 is 0 Å². The molecule has 0 heterocycles. The number of aromatic hydroxyl groups is 1. The van der Waals surface area contributed by atoms with Crippen molar-refractivity contribution >= 4 is 11.9 Å². The Hall–Kier alpha value is -2.99. The summed E-state index contributed by atoms with van der Waals surface area (Å²) in [5.74, 6) is -0.121. The monoisotopic (exact) mass is 439 g/mol. The normalized spacial score (nSPS) is 12.3. The van der Waals surface area contributed by atoms with Crippen LogP contribution in [0.5, 0.6) is 5.75 Å². The molecule has 0 saturated heterocycles. The Bertz CT molecular complexity index is 955. The smallest absolute Gasteiger partial charge is 0.270 e. The fourth-order valence-corrected chi connectivity index (χ4v) is 3.09. The number of non-ortho nitro benzene ring substituents is 1. The van der Waals surface area contributed by atoms with E-state index in [9.17, 15) is 20.3 Å². The van der Waals surface area contributed by atoms with E-state index in [1.165, 1.54) is 24.4 Å². The maximum absolute atomic E-state index is 11.6. The first-order chi connectivity index (χ1) is 13.4. The first-order valence-electron chi connectivity index (χ1n) is 8.77. The van der Waals surface area contributed by atoms with Gasteiger partial charge in [-0.15, -0.1) is 0 Å². The molecule has 0 bridgehead atoms. The van der Waals surface area contributed by atoms with Gasteiger partial charge in [0, 0.05) is 41.0 Å². The van der Waals surface area contributed by atoms with Crippen molar-refractivity contribution in [1.29, 1.82) is 0 Å². The average molecular weight is 440 g/mol. The molecule has 3 aromatic rings. The van der Waals surface area contributed by atoms with Gasteiger partial charge in [0.05, 0.1) is 11.0 Å². The SMILES string of the molecule is C[C@@H](N=Cc1cc([N+](=O)[O-])ccc1O)C(O)(c1ccccc1)c1ccccc1.[Cu]. The summed E-state index contributed by atoms with van der Waals surface area (Å²) in [7, 11) is 0. The van der Waals surface area contributed by atoms with Crippen molar-refractivity contribution in [1.82, 2.24) is 0 Å². The molecule has 1 atom stereocenters. The third-order valence-electron chi connectivity index (χ3n) is 4.69. The maximum atomic E-state index is 11.6. The van der Waals surface area contributed by atoms with E-state index < -0.39 is 16.6 Å². The summed E-state index contributed by atoms with van der Waals surface area (Å²) in [4.78, 5) is 14.9. The van der Waals surface area contributed by atoms with Crippen molar-refractivity contribution in [3.8, 4) is 5.75 Å². The molecule has 3 rings (SSSR count). The van der Waals surface area contributed by atoms with E-state index in [-0.39, 0.29) is 34.1 Å². The minimum Gasteiger partial charge on any atom is -0.507 e. The molecule has 0 spiro atoms. The van der Waals surface area contributed by atoms with Crippen LogP contribution in [-0.4, -0.2) is 27.4 Å². The Morgan fingerprint density at radius 3 is 2.00 bits per heavy atom. The van der Waals surface area contributed by atoms with Crippen LogP contribution in [0.1, 0.15) is 23.6 Å². The third-order valence-corrected chi connectivity index (χ3v) is 4.69. The number of phenols is 1. The molecule has 1 radical (unpaired) electrons. The summed E-state index contributed by atoms with van der Waals surface area (Å²) in [6.45, 7) is 1.75. The molecule has 153 valence electrons. The van der Waals surface area contributed by atoms with Crippen LogP contribution in [-0.2, 0) is 22.7 Å². The fraction of sp³-hybridized carbons (Fsp3) is 0.136. The molecule has 29 heavy (non-hydrogen) atoms. The number of nitrogens with zero attached hydrogens (tertiary/aromatic N) is 2. The second-order valence-corrected chi connectivity index (χ2v) is 6.45. The van der Waals surface area contributed by atoms with Crippen LogP contribution in [0.15, 0.2) is 83.9 Å². The molecular formula is C22H20CuN2O4. The van der Waals surface area contributed by atoms with Gasteiger partial charge in [-0.05, 0) is 24.1 Å². The molecule has 2 N–H and O–H groups in total. The van der Waals surface area contributed by atoms with Crippen LogP contribution in [0, 0.1) is 10.1 Å². The van der Waals surface area contributed by atoms with Gasteiger partial charge in [-0.3, -0.25) is 15.1 Å². The Kier molecular flexibility index (Phi) is 7.29. The Morgan fingerprint density at radius 2 is 1.52 bits per heavy atom. The van der Waals surface area contributed by atoms with E-state index in [2.05, 4.69) is 4.99 Å². The van der Waals surface area contributed by atoms with Crippen LogP contribution in [0.3, 0.4) is 0 Å². The predicted octanol–water partition coefficient (Wildman–Crippen LogP) is 4.04. The topological polar surface area (TPSA) is 96.0 Å². The molecule has 7 heteroatoms. The largest absolute Gasteiger partial charge is 0.507 e. The van der Waals surface area contributed by atoms with Crippen LogP contribution in [0.25, 0.3) is 0 Å². The summed E-state index contributed by atoms with van der Waals surface area (Å²) < 4.78 is 0. The zero-order chi connectivity index (χ0) is 20.1. The van der Waals surface area contributed by atoms with E-state index >= 15 is 0 Å². The van der Waals surface area contributed by atoms with Crippen LogP contribution < -0.4 is 0 Å². The number of hydrogen-bond acceptors (Lipinski definition) is 5. The van der Waals surface area contributed by atoms with Gasteiger partial charge < -0.3 is 10.2 Å². The number of nitro groups is 1. The second kappa shape index (κ2) is 9.47. The zero-order valence-corrected chi connectivity index (χ0v) is 16.5. The van der Waals surface area contributed by atoms with Crippen LogP contribution >= 0.6 is 0 Å². The maximum Gasteiger partial charge on any atom is 0.270 e. The predicted molar refractivity (Wildman–Crippen MR) is 108 cm³/mol. The van der Waals surface area contributed by atoms with Gasteiger partial charge in [-0.25, -0.2) is 0 Å². The number of aliphatic hydroxyl groups is 1. The van der Waals surface area contributed by atoms with E-state index in [1.54, 1.807) is 6.92 Å². The van der Waals surface area contributed by atoms with Crippen molar-refractivity contribution in [2.75, 3.05) is 0 Å². The quantitative estimate of drug-likeness (QED) is 0.262. The fourth-order valence-electron chi connectivity index (χ4n) is 3.09. The summed E-state index contributed by atoms with van der Waals surface area (Å²) in [5.41, 5.74) is 0.0102. The first kappa shape index (κ1) is 22.3. The van der Waals surface area contributed by atoms with Gasteiger partial charge in [0.2, 0.25) is 0 Å². The Balaban J connectivity index is 0.00000300. The molecule has 0 aliphatic rings. The Morgan fingerprint density at radius 1 is 1.00 bits per heavy atom. The molecule has 0 saturated carbocycles. The van der Waals surface area contributed by atoms with Crippen LogP contribution in [0.4, 0.5) is 5.69 Å². The summed E-state index contributed by atoms with van der Waals surface area (Å²) in [5, 5.41) is 32.6. The van der Waals surface area contributed by atoms with Crippen molar-refractivity contribution in [2.45, 2.75) is 18.6 Å². The molecular weight excluding hydrogens is 420 g/mol. The summed E-state index contributed by atoms with van der Waals surface area (Å²) in [6, 6.07) is 21.5. The van der Waals surface area contributed by atoms with Gasteiger partial charge in [0.25, 0.3) is 5.69 Å². The molecule has 6 nitrogen and oxygen atoms in total. The second-order valence-electron chi connectivity index (χ2n) is 6.45. The average Bonchev–Trinajstić information content (AvgIpc) is 2.73. The van der Waals surface area contributed by atoms with Gasteiger partial charge in [0.15, 0.2) is 0 Å². The number of aliphatic imine (C=N–C) groups is 1. The van der Waals surface area contributed by atoms with Crippen molar-refractivity contribution < 1.29 is 32.2 Å². The third kappa shape index (κ3) is 4.71. The number of nitro benzene ring substituents is 1.